The predicted molar refractivity (Wildman–Crippen MR) is 83.9 cm³/mol. The summed E-state index contributed by atoms with van der Waals surface area (Å²) in [6.07, 6.45) is 1.93. The van der Waals surface area contributed by atoms with E-state index in [-0.39, 0.29) is 6.79 Å². The van der Waals surface area contributed by atoms with Crippen molar-refractivity contribution in [3.05, 3.63) is 65.3 Å². The molecule has 4 heteroatoms. The average molecular weight is 341 g/mol. The highest BCUT2D eigenvalue weighted by atomic mass is 79.9. The van der Waals surface area contributed by atoms with Gasteiger partial charge in [-0.15, -0.1) is 0 Å². The Balaban J connectivity index is 1.80. The van der Waals surface area contributed by atoms with Crippen LogP contribution in [0.5, 0.6) is 11.5 Å². The second-order valence-electron chi connectivity index (χ2n) is 4.74. The summed E-state index contributed by atoms with van der Waals surface area (Å²) in [4.78, 5) is 0. The summed E-state index contributed by atoms with van der Waals surface area (Å²) in [5, 5.41) is 0. The van der Waals surface area contributed by atoms with Crippen molar-refractivity contribution in [1.82, 2.24) is 4.57 Å². The molecule has 0 amide bonds. The van der Waals surface area contributed by atoms with Gasteiger partial charge in [-0.05, 0) is 35.9 Å². The van der Waals surface area contributed by atoms with Gasteiger partial charge in [0.15, 0.2) is 11.5 Å². The third kappa shape index (κ3) is 2.21. The number of benzene rings is 2. The van der Waals surface area contributed by atoms with Crippen LogP contribution in [0.1, 0.15) is 0 Å². The highest BCUT2D eigenvalue weighted by Crippen LogP contribution is 2.35. The largest absolute Gasteiger partial charge is 0.454 e. The van der Waals surface area contributed by atoms with E-state index in [9.17, 15) is 0 Å². The number of halogens is 1. The molecule has 0 N–H and O–H groups in total. The molecule has 0 spiro atoms. The maximum atomic E-state index is 5.45. The minimum atomic E-state index is 0.288. The molecule has 2 aromatic carbocycles. The smallest absolute Gasteiger partial charge is 0.231 e. The van der Waals surface area contributed by atoms with Crippen LogP contribution >= 0.6 is 15.9 Å². The SMILES string of the molecule is Brc1ccc(-c2c[c]cn2-c2ccc3c(c2)OCO3)cc1. The van der Waals surface area contributed by atoms with Gasteiger partial charge in [-0.2, -0.15) is 0 Å². The monoisotopic (exact) mass is 340 g/mol. The molecule has 1 aliphatic heterocycles. The topological polar surface area (TPSA) is 23.4 Å². The number of rotatable bonds is 2. The van der Waals surface area contributed by atoms with Crippen LogP contribution in [0.2, 0.25) is 0 Å². The molecule has 1 aromatic heterocycles. The molecule has 21 heavy (non-hydrogen) atoms. The second kappa shape index (κ2) is 4.97. The first-order valence-corrected chi connectivity index (χ1v) is 7.35. The first-order valence-electron chi connectivity index (χ1n) is 6.56. The third-order valence-electron chi connectivity index (χ3n) is 3.46. The van der Waals surface area contributed by atoms with Crippen LogP contribution in [-0.4, -0.2) is 11.4 Å². The summed E-state index contributed by atoms with van der Waals surface area (Å²) in [5.74, 6) is 1.57. The van der Waals surface area contributed by atoms with Gasteiger partial charge in [-0.25, -0.2) is 0 Å². The summed E-state index contributed by atoms with van der Waals surface area (Å²) in [6.45, 7) is 0.288. The third-order valence-corrected chi connectivity index (χ3v) is 3.99. The van der Waals surface area contributed by atoms with Crippen molar-refractivity contribution < 1.29 is 9.47 Å². The number of fused-ring (bicyclic) bond motifs is 1. The summed E-state index contributed by atoms with van der Waals surface area (Å²) < 4.78 is 14.0. The van der Waals surface area contributed by atoms with Crippen LogP contribution in [-0.2, 0) is 0 Å². The van der Waals surface area contributed by atoms with E-state index in [1.54, 1.807) is 0 Å². The molecule has 0 fully saturated rings. The molecular weight excluding hydrogens is 330 g/mol. The van der Waals surface area contributed by atoms with Crippen LogP contribution in [0, 0.1) is 6.07 Å². The van der Waals surface area contributed by atoms with Crippen LogP contribution in [0.3, 0.4) is 0 Å². The minimum Gasteiger partial charge on any atom is -0.454 e. The van der Waals surface area contributed by atoms with Gasteiger partial charge < -0.3 is 14.0 Å². The lowest BCUT2D eigenvalue weighted by atomic mass is 10.1. The van der Waals surface area contributed by atoms with Crippen LogP contribution in [0.25, 0.3) is 16.9 Å². The maximum Gasteiger partial charge on any atom is 0.231 e. The van der Waals surface area contributed by atoms with E-state index >= 15 is 0 Å². The number of nitrogens with zero attached hydrogens (tertiary/aromatic N) is 1. The van der Waals surface area contributed by atoms with Gasteiger partial charge in [0.2, 0.25) is 6.79 Å². The van der Waals surface area contributed by atoms with E-state index in [4.69, 9.17) is 9.47 Å². The normalized spacial score (nSPS) is 12.6. The van der Waals surface area contributed by atoms with Crippen LogP contribution in [0.15, 0.2) is 59.2 Å². The van der Waals surface area contributed by atoms with Crippen LogP contribution in [0.4, 0.5) is 0 Å². The van der Waals surface area contributed by atoms with E-state index in [0.29, 0.717) is 0 Å². The van der Waals surface area contributed by atoms with E-state index in [1.165, 1.54) is 0 Å². The van der Waals surface area contributed by atoms with E-state index in [2.05, 4.69) is 38.7 Å². The minimum absolute atomic E-state index is 0.288. The standard InChI is InChI=1S/C17H11BrNO2/c18-13-5-3-12(4-6-13)15-2-1-9-19(15)14-7-8-16-17(10-14)21-11-20-16/h2-10H,11H2. The first kappa shape index (κ1) is 12.5. The van der Waals surface area contributed by atoms with Crippen molar-refractivity contribution >= 4 is 15.9 Å². The number of aromatic nitrogens is 1. The Bertz CT molecular complexity index is 793. The molecule has 0 saturated carbocycles. The number of ether oxygens (including phenoxy) is 2. The van der Waals surface area contributed by atoms with Gasteiger partial charge >= 0.3 is 0 Å². The fourth-order valence-electron chi connectivity index (χ4n) is 2.42. The number of hydrogen-bond donors (Lipinski definition) is 0. The highest BCUT2D eigenvalue weighted by molar-refractivity contribution is 9.10. The Labute approximate surface area is 130 Å². The van der Waals surface area contributed by atoms with Gasteiger partial charge in [0, 0.05) is 28.5 Å². The molecule has 103 valence electrons. The number of hydrogen-bond acceptors (Lipinski definition) is 2. The second-order valence-corrected chi connectivity index (χ2v) is 5.66. The fraction of sp³-hybridized carbons (Fsp3) is 0.0588. The molecular formula is C17H11BrNO2. The summed E-state index contributed by atoms with van der Waals surface area (Å²) in [6, 6.07) is 19.3. The van der Waals surface area contributed by atoms with Gasteiger partial charge in [-0.3, -0.25) is 0 Å². The zero-order valence-corrected chi connectivity index (χ0v) is 12.6. The quantitative estimate of drug-likeness (QED) is 0.688. The van der Waals surface area contributed by atoms with Crippen molar-refractivity contribution in [2.24, 2.45) is 0 Å². The average Bonchev–Trinajstić information content (AvgIpc) is 3.16. The summed E-state index contributed by atoms with van der Waals surface area (Å²) in [7, 11) is 0. The van der Waals surface area contributed by atoms with Gasteiger partial charge in [0.25, 0.3) is 0 Å². The lowest BCUT2D eigenvalue weighted by Gasteiger charge is -2.10. The van der Waals surface area contributed by atoms with Gasteiger partial charge in [-0.1, -0.05) is 28.1 Å². The van der Waals surface area contributed by atoms with Crippen molar-refractivity contribution in [2.75, 3.05) is 6.79 Å². The summed E-state index contributed by atoms with van der Waals surface area (Å²) in [5.41, 5.74) is 3.25. The summed E-state index contributed by atoms with van der Waals surface area (Å²) >= 11 is 3.46. The Kier molecular flexibility index (Phi) is 2.97. The maximum absolute atomic E-state index is 5.45. The molecule has 0 unspecified atom stereocenters. The molecule has 0 saturated heterocycles. The van der Waals surface area contributed by atoms with Gasteiger partial charge in [0.05, 0.1) is 5.69 Å². The van der Waals surface area contributed by atoms with Crippen molar-refractivity contribution in [3.8, 4) is 28.4 Å². The highest BCUT2D eigenvalue weighted by Gasteiger charge is 2.15. The Morgan fingerprint density at radius 3 is 2.67 bits per heavy atom. The Hall–Kier alpha value is -2.20. The van der Waals surface area contributed by atoms with E-state index in [1.807, 2.05) is 42.6 Å². The van der Waals surface area contributed by atoms with Crippen molar-refractivity contribution in [1.29, 1.82) is 0 Å². The van der Waals surface area contributed by atoms with Crippen LogP contribution < -0.4 is 9.47 Å². The molecule has 4 rings (SSSR count). The predicted octanol–water partition coefficient (Wildman–Crippen LogP) is 4.44. The Morgan fingerprint density at radius 2 is 1.81 bits per heavy atom. The zero-order chi connectivity index (χ0) is 14.2. The molecule has 3 aromatic rings. The first-order chi connectivity index (χ1) is 10.3. The van der Waals surface area contributed by atoms with Crippen molar-refractivity contribution in [2.45, 2.75) is 0 Å². The van der Waals surface area contributed by atoms with Crippen molar-refractivity contribution in [3.63, 3.8) is 0 Å². The molecule has 2 heterocycles. The molecule has 1 aliphatic rings. The molecule has 1 radical (unpaired) electrons. The fourth-order valence-corrected chi connectivity index (χ4v) is 2.69. The van der Waals surface area contributed by atoms with Gasteiger partial charge in [0.1, 0.15) is 0 Å². The molecule has 0 atom stereocenters. The molecule has 0 bridgehead atoms. The molecule has 3 nitrogen and oxygen atoms in total. The van der Waals surface area contributed by atoms with E-state index < -0.39 is 0 Å². The molecule has 0 aliphatic carbocycles. The zero-order valence-electron chi connectivity index (χ0n) is 11.0. The lowest BCUT2D eigenvalue weighted by molar-refractivity contribution is 0.174. The Morgan fingerprint density at radius 1 is 1.00 bits per heavy atom. The van der Waals surface area contributed by atoms with E-state index in [0.717, 1.165) is 32.9 Å². The lowest BCUT2D eigenvalue weighted by Crippen LogP contribution is -1.95.